The first kappa shape index (κ1) is 22.1. The van der Waals surface area contributed by atoms with Crippen molar-refractivity contribution in [2.45, 2.75) is 25.3 Å². The smallest absolute Gasteiger partial charge is 0.134 e. The van der Waals surface area contributed by atoms with Crippen LogP contribution in [0, 0.1) is 0 Å². The van der Waals surface area contributed by atoms with Crippen LogP contribution < -0.4 is 10.2 Å². The Morgan fingerprint density at radius 3 is 2.61 bits per heavy atom. The number of halogens is 2. The average molecular weight is 502 g/mol. The molecule has 0 amide bonds. The fourth-order valence-electron chi connectivity index (χ4n) is 3.92. The van der Waals surface area contributed by atoms with E-state index in [4.69, 9.17) is 16.3 Å². The van der Waals surface area contributed by atoms with E-state index in [-0.39, 0.29) is 12.0 Å². The van der Waals surface area contributed by atoms with Crippen LogP contribution in [0.5, 0.6) is 0 Å². The summed E-state index contributed by atoms with van der Waals surface area (Å²) in [5.74, 6) is 2.02. The monoisotopic (exact) mass is 500 g/mol. The highest BCUT2D eigenvalue weighted by Gasteiger charge is 2.21. The second-order valence-electron chi connectivity index (χ2n) is 7.79. The molecule has 0 aliphatic carbocycles. The van der Waals surface area contributed by atoms with E-state index in [1.807, 2.05) is 18.2 Å². The molecule has 2 aromatic carbocycles. The zero-order valence-corrected chi connectivity index (χ0v) is 19.8. The van der Waals surface area contributed by atoms with Crippen molar-refractivity contribution in [1.82, 2.24) is 9.97 Å². The lowest BCUT2D eigenvalue weighted by Gasteiger charge is -2.29. The molecule has 7 heteroatoms. The number of morpholine rings is 1. The van der Waals surface area contributed by atoms with Gasteiger partial charge in [0.2, 0.25) is 0 Å². The molecule has 1 aliphatic rings. The number of nitrogens with zero attached hydrogens (tertiary/aromatic N) is 3. The fourth-order valence-corrected chi connectivity index (χ4v) is 4.46. The molecule has 3 aromatic rings. The van der Waals surface area contributed by atoms with Gasteiger partial charge in [-0.1, -0.05) is 51.8 Å². The highest BCUT2D eigenvalue weighted by atomic mass is 79.9. The minimum atomic E-state index is 0.150. The first-order valence-corrected chi connectivity index (χ1v) is 11.7. The Hall–Kier alpha value is -2.15. The highest BCUT2D eigenvalue weighted by Crippen LogP contribution is 2.29. The molecule has 1 aromatic heterocycles. The van der Waals surface area contributed by atoms with Gasteiger partial charge in [0, 0.05) is 40.6 Å². The third kappa shape index (κ3) is 5.97. The van der Waals surface area contributed by atoms with E-state index in [2.05, 4.69) is 79.4 Å². The first-order chi connectivity index (χ1) is 15.1. The Bertz CT molecular complexity index is 995. The predicted molar refractivity (Wildman–Crippen MR) is 130 cm³/mol. The van der Waals surface area contributed by atoms with E-state index in [9.17, 15) is 0 Å². The maximum absolute atomic E-state index is 6.09. The lowest BCUT2D eigenvalue weighted by Crippen LogP contribution is -2.36. The van der Waals surface area contributed by atoms with Crippen molar-refractivity contribution in [3.8, 4) is 0 Å². The predicted octanol–water partition coefficient (Wildman–Crippen LogP) is 5.56. The Balaban J connectivity index is 1.55. The van der Waals surface area contributed by atoms with Crippen LogP contribution in [0.2, 0.25) is 5.02 Å². The standard InChI is InChI=1S/C24H26BrClN4O/c1-17(29-23-15-24(28-16-27-23)30-9-11-31-12-10-30)22(19-3-2-4-20(25)14-19)13-18-5-7-21(26)8-6-18/h2-8,14-17,22H,9-13H2,1H3,(H,27,28,29)/t17-,22+/m0/s1. The maximum Gasteiger partial charge on any atom is 0.134 e. The number of ether oxygens (including phenoxy) is 1. The Kier molecular flexibility index (Phi) is 7.43. The molecule has 0 saturated carbocycles. The van der Waals surface area contributed by atoms with Crippen LogP contribution in [0.1, 0.15) is 24.0 Å². The van der Waals surface area contributed by atoms with Crippen molar-refractivity contribution in [3.63, 3.8) is 0 Å². The van der Waals surface area contributed by atoms with Gasteiger partial charge in [-0.3, -0.25) is 0 Å². The fraction of sp³-hybridized carbons (Fsp3) is 0.333. The quantitative estimate of drug-likeness (QED) is 0.459. The van der Waals surface area contributed by atoms with Gasteiger partial charge in [-0.15, -0.1) is 0 Å². The molecule has 162 valence electrons. The molecule has 0 radical (unpaired) electrons. The number of benzene rings is 2. The molecule has 0 bridgehead atoms. The van der Waals surface area contributed by atoms with Crippen LogP contribution >= 0.6 is 27.5 Å². The van der Waals surface area contributed by atoms with Gasteiger partial charge in [0.25, 0.3) is 0 Å². The normalized spacial score (nSPS) is 16.0. The van der Waals surface area contributed by atoms with Crippen LogP contribution in [0.15, 0.2) is 65.4 Å². The topological polar surface area (TPSA) is 50.3 Å². The number of hydrogen-bond acceptors (Lipinski definition) is 5. The van der Waals surface area contributed by atoms with Crippen molar-refractivity contribution in [1.29, 1.82) is 0 Å². The molecule has 31 heavy (non-hydrogen) atoms. The van der Waals surface area contributed by atoms with Crippen LogP contribution in [-0.4, -0.2) is 42.3 Å². The van der Waals surface area contributed by atoms with Crippen molar-refractivity contribution in [2.75, 3.05) is 36.5 Å². The van der Waals surface area contributed by atoms with Crippen LogP contribution in [0.3, 0.4) is 0 Å². The maximum atomic E-state index is 6.09. The summed E-state index contributed by atoms with van der Waals surface area (Å²) in [6.07, 6.45) is 2.52. The third-order valence-corrected chi connectivity index (χ3v) is 6.36. The SMILES string of the molecule is C[C@H](Nc1cc(N2CCOCC2)ncn1)[C@@H](Cc1ccc(Cl)cc1)c1cccc(Br)c1. The second kappa shape index (κ2) is 10.4. The number of nitrogens with one attached hydrogen (secondary N) is 1. The van der Waals surface area contributed by atoms with Gasteiger partial charge in [-0.05, 0) is 48.7 Å². The lowest BCUT2D eigenvalue weighted by atomic mass is 9.86. The molecule has 2 atom stereocenters. The zero-order chi connectivity index (χ0) is 21.6. The summed E-state index contributed by atoms with van der Waals surface area (Å²) in [4.78, 5) is 11.2. The summed E-state index contributed by atoms with van der Waals surface area (Å²) in [6.45, 7) is 5.37. The molecule has 0 unspecified atom stereocenters. The van der Waals surface area contributed by atoms with Gasteiger partial charge in [0.1, 0.15) is 18.0 Å². The molecule has 2 heterocycles. The second-order valence-corrected chi connectivity index (χ2v) is 9.14. The number of hydrogen-bond donors (Lipinski definition) is 1. The Labute approximate surface area is 196 Å². The Morgan fingerprint density at radius 2 is 1.87 bits per heavy atom. The first-order valence-electron chi connectivity index (χ1n) is 10.5. The lowest BCUT2D eigenvalue weighted by molar-refractivity contribution is 0.122. The van der Waals surface area contributed by atoms with Gasteiger partial charge >= 0.3 is 0 Å². The van der Waals surface area contributed by atoms with Gasteiger partial charge in [-0.2, -0.15) is 0 Å². The van der Waals surface area contributed by atoms with Gasteiger partial charge < -0.3 is 15.0 Å². The van der Waals surface area contributed by atoms with E-state index in [0.29, 0.717) is 0 Å². The molecule has 1 fully saturated rings. The molecule has 1 N–H and O–H groups in total. The molecule has 1 saturated heterocycles. The minimum absolute atomic E-state index is 0.150. The van der Waals surface area contributed by atoms with Crippen molar-refractivity contribution < 1.29 is 4.74 Å². The van der Waals surface area contributed by atoms with Crippen LogP contribution in [-0.2, 0) is 11.2 Å². The summed E-state index contributed by atoms with van der Waals surface area (Å²) in [7, 11) is 0. The molecule has 4 rings (SSSR count). The number of rotatable bonds is 7. The Morgan fingerprint density at radius 1 is 1.10 bits per heavy atom. The molecule has 1 aliphatic heterocycles. The van der Waals surface area contributed by atoms with Crippen molar-refractivity contribution in [3.05, 3.63) is 81.5 Å². The highest BCUT2D eigenvalue weighted by molar-refractivity contribution is 9.10. The largest absolute Gasteiger partial charge is 0.378 e. The van der Waals surface area contributed by atoms with E-state index in [1.54, 1.807) is 6.33 Å². The number of aromatic nitrogens is 2. The van der Waals surface area contributed by atoms with Gasteiger partial charge in [-0.25, -0.2) is 9.97 Å². The van der Waals surface area contributed by atoms with E-state index in [0.717, 1.165) is 53.9 Å². The van der Waals surface area contributed by atoms with Crippen LogP contribution in [0.25, 0.3) is 0 Å². The molecule has 5 nitrogen and oxygen atoms in total. The zero-order valence-electron chi connectivity index (χ0n) is 17.5. The van der Waals surface area contributed by atoms with E-state index >= 15 is 0 Å². The summed E-state index contributed by atoms with van der Waals surface area (Å²) in [5.41, 5.74) is 2.52. The number of anilines is 2. The van der Waals surface area contributed by atoms with Crippen LogP contribution in [0.4, 0.5) is 11.6 Å². The summed E-state index contributed by atoms with van der Waals surface area (Å²) in [6, 6.07) is 18.8. The molecule has 0 spiro atoms. The summed E-state index contributed by atoms with van der Waals surface area (Å²) >= 11 is 9.71. The molecular formula is C24H26BrClN4O. The summed E-state index contributed by atoms with van der Waals surface area (Å²) in [5, 5.41) is 4.38. The van der Waals surface area contributed by atoms with Gasteiger partial charge in [0.15, 0.2) is 0 Å². The van der Waals surface area contributed by atoms with E-state index in [1.165, 1.54) is 11.1 Å². The van der Waals surface area contributed by atoms with E-state index < -0.39 is 0 Å². The molecular weight excluding hydrogens is 476 g/mol. The van der Waals surface area contributed by atoms with Crippen molar-refractivity contribution >= 4 is 39.2 Å². The third-order valence-electron chi connectivity index (χ3n) is 5.61. The van der Waals surface area contributed by atoms with Gasteiger partial charge in [0.05, 0.1) is 13.2 Å². The summed E-state index contributed by atoms with van der Waals surface area (Å²) < 4.78 is 6.54. The minimum Gasteiger partial charge on any atom is -0.378 e. The van der Waals surface area contributed by atoms with Crippen molar-refractivity contribution in [2.24, 2.45) is 0 Å². The average Bonchev–Trinajstić information content (AvgIpc) is 2.79.